The molecule has 10 heteroatoms. The monoisotopic (exact) mass is 357 g/mol. The highest BCUT2D eigenvalue weighted by Gasteiger charge is 2.27. The lowest BCUT2D eigenvalue weighted by Gasteiger charge is -2.09. The van der Waals surface area contributed by atoms with Crippen LogP contribution in [0.1, 0.15) is 16.1 Å². The molecule has 0 fully saturated rings. The first-order chi connectivity index (χ1) is 11.7. The van der Waals surface area contributed by atoms with Crippen LogP contribution in [0.2, 0.25) is 0 Å². The Morgan fingerprint density at radius 2 is 1.88 bits per heavy atom. The van der Waals surface area contributed by atoms with Crippen molar-refractivity contribution in [2.75, 3.05) is 13.2 Å². The largest absolute Gasteiger partial charge is 0.452 e. The Morgan fingerprint density at radius 3 is 2.40 bits per heavy atom. The number of hydrogen-bond acceptors (Lipinski definition) is 4. The number of aryl methyl sites for hydroxylation is 1. The zero-order chi connectivity index (χ0) is 18.6. The van der Waals surface area contributed by atoms with Gasteiger partial charge in [-0.25, -0.2) is 9.59 Å². The van der Waals surface area contributed by atoms with E-state index in [1.54, 1.807) is 12.2 Å². The maximum Gasteiger partial charge on any atom is 0.405 e. The molecule has 134 valence electrons. The molecule has 0 radical (unpaired) electrons. The molecule has 2 N–H and O–H groups in total. The van der Waals surface area contributed by atoms with Crippen LogP contribution in [-0.4, -0.2) is 40.8 Å². The molecule has 7 nitrogen and oxygen atoms in total. The number of ether oxygens (including phenoxy) is 1. The number of nitrogens with one attached hydrogen (secondary N) is 2. The van der Waals surface area contributed by atoms with Crippen molar-refractivity contribution < 1.29 is 27.5 Å². The van der Waals surface area contributed by atoms with Gasteiger partial charge < -0.3 is 15.0 Å². The van der Waals surface area contributed by atoms with Crippen LogP contribution in [0.4, 0.5) is 13.2 Å². The fourth-order valence-electron chi connectivity index (χ4n) is 1.99. The molecular weight excluding hydrogens is 343 g/mol. The summed E-state index contributed by atoms with van der Waals surface area (Å²) in [5.74, 6) is -1.93. The number of amides is 1. The molecule has 0 bridgehead atoms. The molecule has 0 saturated heterocycles. The van der Waals surface area contributed by atoms with Crippen molar-refractivity contribution in [3.63, 3.8) is 0 Å². The SMILES string of the molecule is Cc1c[nH]c(=O)n1-c1ccc(C(=O)OCC(=O)NCC(F)(F)F)cc1. The quantitative estimate of drug-likeness (QED) is 0.789. The fourth-order valence-corrected chi connectivity index (χ4v) is 1.99. The maximum absolute atomic E-state index is 11.9. The summed E-state index contributed by atoms with van der Waals surface area (Å²) >= 11 is 0. The maximum atomic E-state index is 11.9. The van der Waals surface area contributed by atoms with Crippen molar-refractivity contribution >= 4 is 11.9 Å². The van der Waals surface area contributed by atoms with E-state index in [2.05, 4.69) is 9.72 Å². The van der Waals surface area contributed by atoms with E-state index in [1.165, 1.54) is 35.0 Å². The van der Waals surface area contributed by atoms with Gasteiger partial charge in [-0.1, -0.05) is 0 Å². The summed E-state index contributed by atoms with van der Waals surface area (Å²) in [4.78, 5) is 37.1. The number of imidazole rings is 1. The minimum Gasteiger partial charge on any atom is -0.452 e. The normalized spacial score (nSPS) is 11.2. The highest BCUT2D eigenvalue weighted by molar-refractivity contribution is 5.91. The number of aromatic nitrogens is 2. The van der Waals surface area contributed by atoms with Gasteiger partial charge in [0.05, 0.1) is 11.3 Å². The lowest BCUT2D eigenvalue weighted by molar-refractivity contribution is -0.140. The molecule has 2 aromatic rings. The number of halogens is 3. The van der Waals surface area contributed by atoms with Crippen LogP contribution >= 0.6 is 0 Å². The van der Waals surface area contributed by atoms with E-state index in [4.69, 9.17) is 0 Å². The van der Waals surface area contributed by atoms with Gasteiger partial charge in [-0.3, -0.25) is 9.36 Å². The van der Waals surface area contributed by atoms with Gasteiger partial charge in [0.2, 0.25) is 0 Å². The molecule has 0 aliphatic carbocycles. The highest BCUT2D eigenvalue weighted by Crippen LogP contribution is 2.12. The molecule has 1 heterocycles. The third-order valence-electron chi connectivity index (χ3n) is 3.14. The molecule has 1 aromatic carbocycles. The van der Waals surface area contributed by atoms with E-state index in [1.807, 2.05) is 0 Å². The average molecular weight is 357 g/mol. The van der Waals surface area contributed by atoms with E-state index in [0.29, 0.717) is 11.4 Å². The smallest absolute Gasteiger partial charge is 0.405 e. The van der Waals surface area contributed by atoms with Crippen LogP contribution in [0.25, 0.3) is 5.69 Å². The minimum absolute atomic E-state index is 0.0913. The summed E-state index contributed by atoms with van der Waals surface area (Å²) in [6.45, 7) is -0.602. The topological polar surface area (TPSA) is 93.2 Å². The van der Waals surface area contributed by atoms with E-state index in [0.717, 1.165) is 0 Å². The Morgan fingerprint density at radius 1 is 1.24 bits per heavy atom. The number of hydrogen-bond donors (Lipinski definition) is 2. The zero-order valence-corrected chi connectivity index (χ0v) is 13.0. The Kier molecular flexibility index (Phi) is 5.30. The Bertz CT molecular complexity index is 822. The Balaban J connectivity index is 1.95. The summed E-state index contributed by atoms with van der Waals surface area (Å²) in [5.41, 5.74) is 0.938. The van der Waals surface area contributed by atoms with Crippen LogP contribution in [-0.2, 0) is 9.53 Å². The zero-order valence-electron chi connectivity index (χ0n) is 13.0. The molecule has 0 saturated carbocycles. The average Bonchev–Trinajstić information content (AvgIpc) is 2.89. The van der Waals surface area contributed by atoms with E-state index in [-0.39, 0.29) is 11.3 Å². The van der Waals surface area contributed by atoms with Gasteiger partial charge in [0.15, 0.2) is 6.61 Å². The number of benzene rings is 1. The van der Waals surface area contributed by atoms with Crippen molar-refractivity contribution in [2.24, 2.45) is 0 Å². The fraction of sp³-hybridized carbons (Fsp3) is 0.267. The first kappa shape index (κ1) is 18.3. The molecule has 25 heavy (non-hydrogen) atoms. The molecule has 0 aliphatic heterocycles. The highest BCUT2D eigenvalue weighted by atomic mass is 19.4. The van der Waals surface area contributed by atoms with Crippen molar-refractivity contribution in [2.45, 2.75) is 13.1 Å². The lowest BCUT2D eigenvalue weighted by Crippen LogP contribution is -2.36. The second-order valence-corrected chi connectivity index (χ2v) is 5.09. The van der Waals surface area contributed by atoms with Gasteiger partial charge in [0.1, 0.15) is 6.54 Å². The standard InChI is InChI=1S/C15H14F3N3O4/c1-9-6-19-14(24)21(9)11-4-2-10(3-5-11)13(23)25-7-12(22)20-8-15(16,17)18/h2-6H,7-8H2,1H3,(H,19,24)(H,20,22). The van der Waals surface area contributed by atoms with Gasteiger partial charge in [0, 0.05) is 11.9 Å². The van der Waals surface area contributed by atoms with Gasteiger partial charge in [-0.15, -0.1) is 0 Å². The van der Waals surface area contributed by atoms with Gasteiger partial charge in [-0.2, -0.15) is 13.2 Å². The Labute approximate surface area is 139 Å². The summed E-state index contributed by atoms with van der Waals surface area (Å²) in [5, 5.41) is 1.59. The summed E-state index contributed by atoms with van der Waals surface area (Å²) in [7, 11) is 0. The molecule has 1 amide bonds. The number of nitrogens with zero attached hydrogens (tertiary/aromatic N) is 1. The molecular formula is C15H14F3N3O4. The van der Waals surface area contributed by atoms with Crippen molar-refractivity contribution in [3.8, 4) is 5.69 Å². The third kappa shape index (κ3) is 4.96. The van der Waals surface area contributed by atoms with Crippen LogP contribution in [0.5, 0.6) is 0 Å². The molecule has 0 unspecified atom stereocenters. The Hall–Kier alpha value is -3.04. The predicted octanol–water partition coefficient (Wildman–Crippen LogP) is 1.31. The number of H-pyrrole nitrogens is 1. The second kappa shape index (κ2) is 7.24. The third-order valence-corrected chi connectivity index (χ3v) is 3.14. The van der Waals surface area contributed by atoms with E-state index < -0.39 is 31.2 Å². The van der Waals surface area contributed by atoms with Gasteiger partial charge in [-0.05, 0) is 31.2 Å². The molecule has 0 atom stereocenters. The summed E-state index contributed by atoms with van der Waals surface area (Å²) < 4.78 is 41.9. The number of rotatable bonds is 5. The number of alkyl halides is 3. The number of carbonyl (C=O) groups is 2. The predicted molar refractivity (Wildman–Crippen MR) is 80.5 cm³/mol. The van der Waals surface area contributed by atoms with Crippen molar-refractivity contribution in [1.29, 1.82) is 0 Å². The van der Waals surface area contributed by atoms with Crippen LogP contribution < -0.4 is 11.0 Å². The van der Waals surface area contributed by atoms with E-state index in [9.17, 15) is 27.6 Å². The lowest BCUT2D eigenvalue weighted by atomic mass is 10.2. The van der Waals surface area contributed by atoms with Crippen LogP contribution in [0.3, 0.4) is 0 Å². The van der Waals surface area contributed by atoms with Crippen molar-refractivity contribution in [1.82, 2.24) is 14.9 Å². The first-order valence-corrected chi connectivity index (χ1v) is 7.05. The number of aromatic amines is 1. The number of esters is 1. The minimum atomic E-state index is -4.54. The second-order valence-electron chi connectivity index (χ2n) is 5.09. The summed E-state index contributed by atoms with van der Waals surface area (Å²) in [6, 6.07) is 5.76. The molecule has 0 spiro atoms. The molecule has 1 aromatic heterocycles. The number of carbonyl (C=O) groups excluding carboxylic acids is 2. The van der Waals surface area contributed by atoms with Gasteiger partial charge in [0.25, 0.3) is 5.91 Å². The van der Waals surface area contributed by atoms with Gasteiger partial charge >= 0.3 is 17.8 Å². The van der Waals surface area contributed by atoms with Crippen LogP contribution in [0, 0.1) is 6.92 Å². The van der Waals surface area contributed by atoms with Crippen molar-refractivity contribution in [3.05, 3.63) is 52.2 Å². The first-order valence-electron chi connectivity index (χ1n) is 7.05. The van der Waals surface area contributed by atoms with Crippen LogP contribution in [0.15, 0.2) is 35.3 Å². The summed E-state index contributed by atoms with van der Waals surface area (Å²) in [6.07, 6.45) is -3.01. The molecule has 0 aliphatic rings. The van der Waals surface area contributed by atoms with E-state index >= 15 is 0 Å². The molecule has 2 rings (SSSR count).